The lowest BCUT2D eigenvalue weighted by Gasteiger charge is -2.16. The number of imidazole rings is 1. The number of aromatic nitrogens is 2. The minimum absolute atomic E-state index is 0.144. The van der Waals surface area contributed by atoms with E-state index >= 15 is 0 Å². The van der Waals surface area contributed by atoms with Gasteiger partial charge in [-0.15, -0.1) is 0 Å². The second-order valence-corrected chi connectivity index (χ2v) is 5.96. The largest absolute Gasteiger partial charge is 0.350 e. The van der Waals surface area contributed by atoms with Crippen LogP contribution < -0.4 is 5.32 Å². The quantitative estimate of drug-likeness (QED) is 0.902. The molecule has 2 heterocycles. The zero-order valence-corrected chi connectivity index (χ0v) is 13.1. The molecule has 0 spiro atoms. The number of likely N-dealkylation sites (tertiary alicyclic amines) is 1. The van der Waals surface area contributed by atoms with Crippen molar-refractivity contribution in [3.63, 3.8) is 0 Å². The number of carbonyl (C=O) groups is 2. The molecule has 1 fully saturated rings. The summed E-state index contributed by atoms with van der Waals surface area (Å²) >= 11 is 0. The lowest BCUT2D eigenvalue weighted by atomic mass is 10.1. The molecule has 1 saturated heterocycles. The van der Waals surface area contributed by atoms with Gasteiger partial charge in [-0.2, -0.15) is 0 Å². The molecule has 1 aromatic heterocycles. The standard InChI is InChI=1S/C17H20N4O2/c1-20-11-15(19-12-20)17(23)18-8-14-7-16(22)21(10-14)9-13-5-3-2-4-6-13/h2-6,11-12,14H,7-10H2,1H3,(H,18,23)/t14-/m1/s1. The van der Waals surface area contributed by atoms with Gasteiger partial charge in [0.25, 0.3) is 5.91 Å². The molecule has 120 valence electrons. The highest BCUT2D eigenvalue weighted by atomic mass is 16.2. The summed E-state index contributed by atoms with van der Waals surface area (Å²) in [5, 5.41) is 2.87. The Kier molecular flexibility index (Phi) is 4.41. The topological polar surface area (TPSA) is 67.2 Å². The lowest BCUT2D eigenvalue weighted by molar-refractivity contribution is -0.128. The number of hydrogen-bond acceptors (Lipinski definition) is 3. The first-order valence-corrected chi connectivity index (χ1v) is 7.69. The van der Waals surface area contributed by atoms with E-state index in [1.165, 1.54) is 0 Å². The average Bonchev–Trinajstić information content (AvgIpc) is 3.13. The maximum absolute atomic E-state index is 12.1. The Hall–Kier alpha value is -2.63. The van der Waals surface area contributed by atoms with Crippen LogP contribution in [0.2, 0.25) is 0 Å². The molecule has 0 aliphatic carbocycles. The molecule has 1 aliphatic rings. The first-order valence-electron chi connectivity index (χ1n) is 7.69. The van der Waals surface area contributed by atoms with E-state index in [0.29, 0.717) is 31.7 Å². The van der Waals surface area contributed by atoms with Crippen molar-refractivity contribution < 1.29 is 9.59 Å². The first-order chi connectivity index (χ1) is 11.1. The fourth-order valence-corrected chi connectivity index (χ4v) is 2.81. The van der Waals surface area contributed by atoms with Crippen LogP contribution in [0.5, 0.6) is 0 Å². The van der Waals surface area contributed by atoms with Crippen LogP contribution >= 0.6 is 0 Å². The zero-order chi connectivity index (χ0) is 16.2. The molecular formula is C17H20N4O2. The summed E-state index contributed by atoms with van der Waals surface area (Å²) in [5.74, 6) is 0.101. The van der Waals surface area contributed by atoms with Gasteiger partial charge in [-0.25, -0.2) is 4.98 Å². The van der Waals surface area contributed by atoms with Crippen LogP contribution in [0.4, 0.5) is 0 Å². The summed E-state index contributed by atoms with van der Waals surface area (Å²) in [6.07, 6.45) is 3.75. The number of nitrogens with zero attached hydrogens (tertiary/aromatic N) is 3. The molecule has 3 rings (SSSR count). The highest BCUT2D eigenvalue weighted by Gasteiger charge is 2.29. The summed E-state index contributed by atoms with van der Waals surface area (Å²) < 4.78 is 1.73. The third-order valence-electron chi connectivity index (χ3n) is 4.00. The van der Waals surface area contributed by atoms with Crippen molar-refractivity contribution in [1.82, 2.24) is 19.8 Å². The van der Waals surface area contributed by atoms with Gasteiger partial charge in [0.15, 0.2) is 0 Å². The van der Waals surface area contributed by atoms with Crippen molar-refractivity contribution in [2.75, 3.05) is 13.1 Å². The molecule has 0 radical (unpaired) electrons. The predicted octanol–water partition coefficient (Wildman–Crippen LogP) is 1.20. The van der Waals surface area contributed by atoms with Gasteiger partial charge < -0.3 is 14.8 Å². The third kappa shape index (κ3) is 3.77. The summed E-state index contributed by atoms with van der Waals surface area (Å²) in [5.41, 5.74) is 1.52. The van der Waals surface area contributed by atoms with Gasteiger partial charge in [-0.1, -0.05) is 30.3 Å². The molecule has 1 atom stereocenters. The SMILES string of the molecule is Cn1cnc(C(=O)NC[C@H]2CC(=O)N(Cc3ccccc3)C2)c1. The van der Waals surface area contributed by atoms with Crippen LogP contribution in [0.1, 0.15) is 22.5 Å². The Balaban J connectivity index is 1.50. The van der Waals surface area contributed by atoms with E-state index in [0.717, 1.165) is 5.56 Å². The Labute approximate surface area is 135 Å². The summed E-state index contributed by atoms with van der Waals surface area (Å²) in [7, 11) is 1.82. The molecule has 0 saturated carbocycles. The molecule has 0 unspecified atom stereocenters. The normalized spacial score (nSPS) is 17.5. The maximum Gasteiger partial charge on any atom is 0.271 e. The van der Waals surface area contributed by atoms with Crippen LogP contribution in [0.25, 0.3) is 0 Å². The van der Waals surface area contributed by atoms with Gasteiger partial charge in [-0.05, 0) is 5.56 Å². The van der Waals surface area contributed by atoms with E-state index < -0.39 is 0 Å². The highest BCUT2D eigenvalue weighted by Crippen LogP contribution is 2.19. The number of hydrogen-bond donors (Lipinski definition) is 1. The summed E-state index contributed by atoms with van der Waals surface area (Å²) in [6, 6.07) is 9.94. The summed E-state index contributed by atoms with van der Waals surface area (Å²) in [6.45, 7) is 1.80. The maximum atomic E-state index is 12.1. The van der Waals surface area contributed by atoms with Crippen molar-refractivity contribution in [2.45, 2.75) is 13.0 Å². The van der Waals surface area contributed by atoms with Crippen LogP contribution in [0.3, 0.4) is 0 Å². The van der Waals surface area contributed by atoms with Crippen molar-refractivity contribution in [3.05, 3.63) is 54.1 Å². The molecule has 2 amide bonds. The minimum Gasteiger partial charge on any atom is -0.350 e. The van der Waals surface area contributed by atoms with E-state index in [2.05, 4.69) is 10.3 Å². The molecule has 1 aliphatic heterocycles. The number of carbonyl (C=O) groups excluding carboxylic acids is 2. The molecule has 23 heavy (non-hydrogen) atoms. The molecule has 1 aromatic carbocycles. The van der Waals surface area contributed by atoms with Gasteiger partial charge >= 0.3 is 0 Å². The van der Waals surface area contributed by atoms with Crippen molar-refractivity contribution in [3.8, 4) is 0 Å². The number of aryl methyl sites for hydroxylation is 1. The smallest absolute Gasteiger partial charge is 0.271 e. The minimum atomic E-state index is -0.195. The number of benzene rings is 1. The molecule has 0 bridgehead atoms. The van der Waals surface area contributed by atoms with E-state index in [4.69, 9.17) is 0 Å². The van der Waals surface area contributed by atoms with Crippen molar-refractivity contribution >= 4 is 11.8 Å². The first kappa shape index (κ1) is 15.3. The predicted molar refractivity (Wildman–Crippen MR) is 85.5 cm³/mol. The Morgan fingerprint density at radius 2 is 2.13 bits per heavy atom. The lowest BCUT2D eigenvalue weighted by Crippen LogP contribution is -2.31. The van der Waals surface area contributed by atoms with Crippen molar-refractivity contribution in [2.24, 2.45) is 13.0 Å². The number of rotatable bonds is 5. The summed E-state index contributed by atoms with van der Waals surface area (Å²) in [4.78, 5) is 30.0. The van der Waals surface area contributed by atoms with Crippen LogP contribution in [0.15, 0.2) is 42.9 Å². The Morgan fingerprint density at radius 3 is 2.83 bits per heavy atom. The highest BCUT2D eigenvalue weighted by molar-refractivity contribution is 5.92. The van der Waals surface area contributed by atoms with Crippen LogP contribution in [0, 0.1) is 5.92 Å². The molecule has 1 N–H and O–H groups in total. The average molecular weight is 312 g/mol. The van der Waals surface area contributed by atoms with Gasteiger partial charge in [0.2, 0.25) is 5.91 Å². The molecule has 2 aromatic rings. The van der Waals surface area contributed by atoms with Crippen LogP contribution in [-0.4, -0.2) is 39.4 Å². The molecule has 6 heteroatoms. The van der Waals surface area contributed by atoms with Crippen LogP contribution in [-0.2, 0) is 18.4 Å². The Bertz CT molecular complexity index is 696. The zero-order valence-electron chi connectivity index (χ0n) is 13.1. The number of nitrogens with one attached hydrogen (secondary N) is 1. The van der Waals surface area contributed by atoms with E-state index in [1.807, 2.05) is 42.3 Å². The van der Waals surface area contributed by atoms with Gasteiger partial charge in [-0.3, -0.25) is 9.59 Å². The van der Waals surface area contributed by atoms with Gasteiger partial charge in [0.1, 0.15) is 5.69 Å². The van der Waals surface area contributed by atoms with Crippen molar-refractivity contribution in [1.29, 1.82) is 0 Å². The monoisotopic (exact) mass is 312 g/mol. The number of amides is 2. The molecular weight excluding hydrogens is 292 g/mol. The fourth-order valence-electron chi connectivity index (χ4n) is 2.81. The Morgan fingerprint density at radius 1 is 1.35 bits per heavy atom. The second-order valence-electron chi connectivity index (χ2n) is 5.96. The van der Waals surface area contributed by atoms with E-state index in [1.54, 1.807) is 17.1 Å². The second kappa shape index (κ2) is 6.64. The van der Waals surface area contributed by atoms with E-state index in [-0.39, 0.29) is 17.7 Å². The molecule has 6 nitrogen and oxygen atoms in total. The van der Waals surface area contributed by atoms with E-state index in [9.17, 15) is 9.59 Å². The fraction of sp³-hybridized carbons (Fsp3) is 0.353. The van der Waals surface area contributed by atoms with Gasteiger partial charge in [0, 0.05) is 45.2 Å². The third-order valence-corrected chi connectivity index (χ3v) is 4.00. The van der Waals surface area contributed by atoms with Gasteiger partial charge in [0.05, 0.1) is 6.33 Å².